The van der Waals surface area contributed by atoms with E-state index in [4.69, 9.17) is 0 Å². The number of aliphatic hydroxyl groups excluding tert-OH is 1. The Balaban J connectivity index is 1.63. The van der Waals surface area contributed by atoms with Gasteiger partial charge in [0.15, 0.2) is 0 Å². The number of hydrogen-bond acceptors (Lipinski definition) is 5. The predicted molar refractivity (Wildman–Crippen MR) is 115 cm³/mol. The molecule has 1 amide bonds. The molecule has 7 heteroatoms. The number of hydrogen-bond donors (Lipinski definition) is 1. The van der Waals surface area contributed by atoms with E-state index in [0.717, 1.165) is 23.2 Å². The average Bonchev–Trinajstić information content (AvgIpc) is 3.24. The van der Waals surface area contributed by atoms with E-state index in [0.29, 0.717) is 17.8 Å². The van der Waals surface area contributed by atoms with Crippen molar-refractivity contribution in [1.82, 2.24) is 14.9 Å². The fourth-order valence-corrected chi connectivity index (χ4v) is 5.10. The molecule has 0 saturated carbocycles. The van der Waals surface area contributed by atoms with Crippen LogP contribution in [0.5, 0.6) is 0 Å². The van der Waals surface area contributed by atoms with Crippen molar-refractivity contribution in [3.8, 4) is 11.1 Å². The zero-order valence-corrected chi connectivity index (χ0v) is 17.1. The zero-order chi connectivity index (χ0) is 21.5. The van der Waals surface area contributed by atoms with Crippen LogP contribution in [0.15, 0.2) is 61.1 Å². The maximum Gasteiger partial charge on any atom is 0.274 e. The lowest BCUT2D eigenvalue weighted by Gasteiger charge is -2.44. The Bertz CT molecular complexity index is 1120. The normalized spacial score (nSPS) is 22.2. The van der Waals surface area contributed by atoms with E-state index in [1.807, 2.05) is 36.2 Å². The third-order valence-electron chi connectivity index (χ3n) is 6.58. The molecule has 5 rings (SSSR count). The molecule has 2 aliphatic heterocycles. The van der Waals surface area contributed by atoms with Crippen LogP contribution in [-0.2, 0) is 0 Å². The van der Waals surface area contributed by atoms with Gasteiger partial charge in [-0.1, -0.05) is 24.3 Å². The lowest BCUT2D eigenvalue weighted by atomic mass is 9.81. The van der Waals surface area contributed by atoms with Crippen molar-refractivity contribution in [2.75, 3.05) is 25.1 Å². The van der Waals surface area contributed by atoms with Crippen molar-refractivity contribution in [3.63, 3.8) is 0 Å². The van der Waals surface area contributed by atoms with Gasteiger partial charge in [-0.05, 0) is 35.7 Å². The Kier molecular flexibility index (Phi) is 4.90. The second kappa shape index (κ2) is 7.74. The Labute approximate surface area is 180 Å². The van der Waals surface area contributed by atoms with E-state index in [2.05, 4.69) is 14.9 Å². The molecule has 158 valence electrons. The summed E-state index contributed by atoms with van der Waals surface area (Å²) < 4.78 is 14.5. The molecular weight excluding hydrogens is 395 g/mol. The van der Waals surface area contributed by atoms with Crippen LogP contribution >= 0.6 is 0 Å². The van der Waals surface area contributed by atoms with Crippen LogP contribution in [0.4, 0.5) is 10.1 Å². The van der Waals surface area contributed by atoms with E-state index >= 15 is 0 Å². The highest BCUT2D eigenvalue weighted by Crippen LogP contribution is 2.49. The number of carbonyl (C=O) groups is 1. The molecular formula is C24H23FN4O2. The molecule has 1 N–H and O–H groups in total. The Morgan fingerprint density at radius 3 is 2.81 bits per heavy atom. The first-order valence-corrected chi connectivity index (χ1v) is 10.4. The highest BCUT2D eigenvalue weighted by molar-refractivity contribution is 5.93. The maximum absolute atomic E-state index is 14.5. The van der Waals surface area contributed by atoms with E-state index in [9.17, 15) is 14.3 Å². The number of nitrogens with zero attached hydrogens (tertiary/aromatic N) is 4. The SMILES string of the molecule is CN1c2ccc(-c3ccccc3F)cc2[C@H]2[C@H](CCN2C(=O)c2cnccn2)[C@@H]1CO. The Morgan fingerprint density at radius 2 is 2.06 bits per heavy atom. The first-order chi connectivity index (χ1) is 15.1. The van der Waals surface area contributed by atoms with E-state index in [1.54, 1.807) is 12.1 Å². The summed E-state index contributed by atoms with van der Waals surface area (Å²) in [6.45, 7) is 0.567. The van der Waals surface area contributed by atoms with Gasteiger partial charge in [0.25, 0.3) is 5.91 Å². The summed E-state index contributed by atoms with van der Waals surface area (Å²) >= 11 is 0. The first-order valence-electron chi connectivity index (χ1n) is 10.4. The number of likely N-dealkylation sites (tertiary alicyclic amines) is 1. The molecule has 2 aliphatic rings. The summed E-state index contributed by atoms with van der Waals surface area (Å²) in [7, 11) is 1.96. The van der Waals surface area contributed by atoms with Gasteiger partial charge in [-0.2, -0.15) is 0 Å². The third-order valence-corrected chi connectivity index (χ3v) is 6.58. The lowest BCUT2D eigenvalue weighted by Crippen LogP contribution is -2.48. The summed E-state index contributed by atoms with van der Waals surface area (Å²) in [4.78, 5) is 25.4. The van der Waals surface area contributed by atoms with Crippen LogP contribution in [0.1, 0.15) is 28.5 Å². The molecule has 0 spiro atoms. The van der Waals surface area contributed by atoms with Gasteiger partial charge in [-0.15, -0.1) is 0 Å². The summed E-state index contributed by atoms with van der Waals surface area (Å²) in [5, 5.41) is 10.1. The predicted octanol–water partition coefficient (Wildman–Crippen LogP) is 3.30. The number of benzene rings is 2. The number of aliphatic hydroxyl groups is 1. The monoisotopic (exact) mass is 418 g/mol. The van der Waals surface area contributed by atoms with Gasteiger partial charge >= 0.3 is 0 Å². The Hall–Kier alpha value is -3.32. The fourth-order valence-electron chi connectivity index (χ4n) is 5.10. The second-order valence-electron chi connectivity index (χ2n) is 8.10. The van der Waals surface area contributed by atoms with Gasteiger partial charge in [-0.3, -0.25) is 9.78 Å². The summed E-state index contributed by atoms with van der Waals surface area (Å²) in [6, 6.07) is 12.2. The minimum absolute atomic E-state index is 0.000650. The van der Waals surface area contributed by atoms with Crippen LogP contribution in [-0.4, -0.2) is 52.1 Å². The molecule has 1 saturated heterocycles. The number of halogens is 1. The minimum atomic E-state index is -0.282. The van der Waals surface area contributed by atoms with Crippen molar-refractivity contribution < 1.29 is 14.3 Å². The zero-order valence-electron chi connectivity index (χ0n) is 17.1. The summed E-state index contributed by atoms with van der Waals surface area (Å²) in [5.41, 5.74) is 3.50. The number of anilines is 1. The van der Waals surface area contributed by atoms with E-state index in [1.165, 1.54) is 24.7 Å². The molecule has 3 atom stereocenters. The van der Waals surface area contributed by atoms with Gasteiger partial charge in [0.05, 0.1) is 24.9 Å². The van der Waals surface area contributed by atoms with Gasteiger partial charge in [0.2, 0.25) is 0 Å². The minimum Gasteiger partial charge on any atom is -0.394 e. The quantitative estimate of drug-likeness (QED) is 0.707. The molecule has 3 aromatic rings. The number of carbonyl (C=O) groups excluding carboxylic acids is 1. The maximum atomic E-state index is 14.5. The smallest absolute Gasteiger partial charge is 0.274 e. The highest BCUT2D eigenvalue weighted by atomic mass is 19.1. The topological polar surface area (TPSA) is 69.6 Å². The summed E-state index contributed by atoms with van der Waals surface area (Å²) in [6.07, 6.45) is 5.30. The number of fused-ring (bicyclic) bond motifs is 3. The van der Waals surface area contributed by atoms with Crippen molar-refractivity contribution in [2.45, 2.75) is 18.5 Å². The van der Waals surface area contributed by atoms with Crippen LogP contribution < -0.4 is 4.90 Å². The number of amides is 1. The molecule has 0 aliphatic carbocycles. The molecule has 0 bridgehead atoms. The first kappa shape index (κ1) is 19.6. The number of likely N-dealkylation sites (N-methyl/N-ethyl adjacent to an activating group) is 1. The highest BCUT2D eigenvalue weighted by Gasteiger charge is 2.48. The van der Waals surface area contributed by atoms with Gasteiger partial charge in [0, 0.05) is 43.2 Å². The van der Waals surface area contributed by atoms with Crippen LogP contribution in [0.3, 0.4) is 0 Å². The molecule has 1 fully saturated rings. The van der Waals surface area contributed by atoms with E-state index in [-0.39, 0.29) is 36.3 Å². The molecule has 2 aromatic carbocycles. The lowest BCUT2D eigenvalue weighted by molar-refractivity contribution is 0.0687. The van der Waals surface area contributed by atoms with Gasteiger partial charge < -0.3 is 14.9 Å². The number of aromatic nitrogens is 2. The van der Waals surface area contributed by atoms with Crippen molar-refractivity contribution in [2.24, 2.45) is 5.92 Å². The van der Waals surface area contributed by atoms with Crippen molar-refractivity contribution >= 4 is 11.6 Å². The van der Waals surface area contributed by atoms with Crippen LogP contribution in [0.25, 0.3) is 11.1 Å². The largest absolute Gasteiger partial charge is 0.394 e. The van der Waals surface area contributed by atoms with Crippen molar-refractivity contribution in [1.29, 1.82) is 0 Å². The Morgan fingerprint density at radius 1 is 1.23 bits per heavy atom. The molecule has 0 radical (unpaired) electrons. The molecule has 6 nitrogen and oxygen atoms in total. The van der Waals surface area contributed by atoms with Crippen molar-refractivity contribution in [3.05, 3.63) is 78.1 Å². The average molecular weight is 418 g/mol. The number of rotatable bonds is 3. The molecule has 1 aromatic heterocycles. The van der Waals surface area contributed by atoms with Crippen LogP contribution in [0, 0.1) is 11.7 Å². The third kappa shape index (κ3) is 3.16. The second-order valence-corrected chi connectivity index (χ2v) is 8.10. The van der Waals surface area contributed by atoms with Gasteiger partial charge in [-0.25, -0.2) is 9.37 Å². The van der Waals surface area contributed by atoms with Crippen LogP contribution in [0.2, 0.25) is 0 Å². The standard InChI is InChI=1S/C24H23FN4O2/c1-28-21-7-6-15(16-4-2-3-5-19(16)25)12-18(21)23-17(22(28)14-30)8-11-29(23)24(31)20-13-26-9-10-27-20/h2-7,9-10,12-13,17,22-23,30H,8,11,14H2,1H3/t17-,22+,23-/m1/s1. The molecule has 3 heterocycles. The molecule has 31 heavy (non-hydrogen) atoms. The fraction of sp³-hybridized carbons (Fsp3) is 0.292. The summed E-state index contributed by atoms with van der Waals surface area (Å²) in [5.74, 6) is -0.390. The van der Waals surface area contributed by atoms with Gasteiger partial charge in [0.1, 0.15) is 11.5 Å². The molecule has 0 unspecified atom stereocenters. The van der Waals surface area contributed by atoms with E-state index < -0.39 is 0 Å².